The van der Waals surface area contributed by atoms with Crippen LogP contribution in [0.2, 0.25) is 0 Å². The van der Waals surface area contributed by atoms with Crippen molar-refractivity contribution < 1.29 is 18.8 Å². The second-order valence-electron chi connectivity index (χ2n) is 8.30. The predicted molar refractivity (Wildman–Crippen MR) is 125 cm³/mol. The zero-order valence-corrected chi connectivity index (χ0v) is 18.4. The van der Waals surface area contributed by atoms with Gasteiger partial charge in [-0.05, 0) is 29.3 Å². The zero-order valence-electron chi connectivity index (χ0n) is 18.4. The summed E-state index contributed by atoms with van der Waals surface area (Å²) in [7, 11) is 0. The van der Waals surface area contributed by atoms with Crippen molar-refractivity contribution in [1.29, 1.82) is 0 Å². The van der Waals surface area contributed by atoms with Gasteiger partial charge < -0.3 is 19.6 Å². The first-order chi connectivity index (χ1) is 16.6. The molecule has 0 spiro atoms. The van der Waals surface area contributed by atoms with E-state index in [1.54, 1.807) is 23.3 Å². The SMILES string of the molecule is O=C(CN1C(=O)NC(Cc2c[nH]c3ccccc23)C1=O)N(Cc1ccccc1)Cc1ccco1. The van der Waals surface area contributed by atoms with E-state index in [9.17, 15) is 14.4 Å². The highest BCUT2D eigenvalue weighted by molar-refractivity contribution is 6.06. The molecule has 8 nitrogen and oxygen atoms in total. The van der Waals surface area contributed by atoms with Crippen molar-refractivity contribution in [1.82, 2.24) is 20.1 Å². The van der Waals surface area contributed by atoms with Crippen molar-refractivity contribution in [3.8, 4) is 0 Å². The van der Waals surface area contributed by atoms with E-state index in [2.05, 4.69) is 10.3 Å². The van der Waals surface area contributed by atoms with E-state index < -0.39 is 18.0 Å². The third kappa shape index (κ3) is 4.43. The number of rotatable bonds is 8. The number of aromatic nitrogens is 1. The van der Waals surface area contributed by atoms with Crippen molar-refractivity contribution in [2.75, 3.05) is 6.54 Å². The number of carbonyl (C=O) groups excluding carboxylic acids is 3. The largest absolute Gasteiger partial charge is 0.467 e. The maximum absolute atomic E-state index is 13.2. The molecule has 4 aromatic rings. The van der Waals surface area contributed by atoms with Crippen LogP contribution in [0, 0.1) is 0 Å². The molecule has 3 heterocycles. The van der Waals surface area contributed by atoms with Gasteiger partial charge in [0.2, 0.25) is 5.91 Å². The standard InChI is InChI=1S/C26H24N4O4/c31-24(29(16-20-9-6-12-34-20)15-18-7-2-1-3-8-18)17-30-25(32)23(28-26(30)33)13-19-14-27-22-11-5-4-10-21(19)22/h1-12,14,23,27H,13,15-17H2,(H,28,33). The highest BCUT2D eigenvalue weighted by atomic mass is 16.3. The summed E-state index contributed by atoms with van der Waals surface area (Å²) in [6, 6.07) is 19.6. The lowest BCUT2D eigenvalue weighted by Gasteiger charge is -2.24. The molecule has 1 aliphatic rings. The Kier molecular flexibility index (Phi) is 5.86. The quantitative estimate of drug-likeness (QED) is 0.397. The van der Waals surface area contributed by atoms with Crippen molar-refractivity contribution in [3.05, 3.63) is 96.1 Å². The number of H-pyrrole nitrogens is 1. The van der Waals surface area contributed by atoms with Gasteiger partial charge in [0, 0.05) is 30.1 Å². The van der Waals surface area contributed by atoms with E-state index in [4.69, 9.17) is 4.42 Å². The van der Waals surface area contributed by atoms with Crippen molar-refractivity contribution in [3.63, 3.8) is 0 Å². The van der Waals surface area contributed by atoms with Gasteiger partial charge in [0.05, 0.1) is 12.8 Å². The molecule has 8 heteroatoms. The van der Waals surface area contributed by atoms with E-state index in [0.29, 0.717) is 18.7 Å². The van der Waals surface area contributed by atoms with Gasteiger partial charge in [0.25, 0.3) is 5.91 Å². The fourth-order valence-corrected chi connectivity index (χ4v) is 4.25. The number of benzene rings is 2. The predicted octanol–water partition coefficient (Wildman–Crippen LogP) is 3.45. The topological polar surface area (TPSA) is 98.7 Å². The number of hydrogen-bond donors (Lipinski definition) is 2. The van der Waals surface area contributed by atoms with Gasteiger partial charge in [0.1, 0.15) is 18.3 Å². The van der Waals surface area contributed by atoms with Gasteiger partial charge in [-0.3, -0.25) is 14.5 Å². The minimum absolute atomic E-state index is 0.239. The highest BCUT2D eigenvalue weighted by Crippen LogP contribution is 2.21. The molecule has 34 heavy (non-hydrogen) atoms. The average molecular weight is 457 g/mol. The van der Waals surface area contributed by atoms with E-state index >= 15 is 0 Å². The molecular weight excluding hydrogens is 432 g/mol. The molecule has 2 aromatic carbocycles. The van der Waals surface area contributed by atoms with Crippen LogP contribution in [-0.4, -0.2) is 45.2 Å². The lowest BCUT2D eigenvalue weighted by atomic mass is 10.1. The van der Waals surface area contributed by atoms with Gasteiger partial charge in [-0.15, -0.1) is 0 Å². The number of furan rings is 1. The Balaban J connectivity index is 1.29. The molecule has 5 rings (SSSR count). The summed E-state index contributed by atoms with van der Waals surface area (Å²) >= 11 is 0. The van der Waals surface area contributed by atoms with E-state index in [1.165, 1.54) is 0 Å². The van der Waals surface area contributed by atoms with Crippen LogP contribution >= 0.6 is 0 Å². The lowest BCUT2D eigenvalue weighted by Crippen LogP contribution is -2.43. The van der Waals surface area contributed by atoms with Gasteiger partial charge in [-0.25, -0.2) is 4.79 Å². The van der Waals surface area contributed by atoms with Crippen LogP contribution in [-0.2, 0) is 29.1 Å². The van der Waals surface area contributed by atoms with Crippen LogP contribution in [0.25, 0.3) is 10.9 Å². The van der Waals surface area contributed by atoms with E-state index in [1.807, 2.05) is 60.8 Å². The van der Waals surface area contributed by atoms with E-state index in [0.717, 1.165) is 26.9 Å². The maximum Gasteiger partial charge on any atom is 0.325 e. The number of urea groups is 1. The molecule has 0 aliphatic carbocycles. The summed E-state index contributed by atoms with van der Waals surface area (Å²) < 4.78 is 5.42. The van der Waals surface area contributed by atoms with Crippen LogP contribution in [0.3, 0.4) is 0 Å². The average Bonchev–Trinajstić information content (AvgIpc) is 3.57. The Morgan fingerprint density at radius 2 is 1.76 bits per heavy atom. The number of amides is 4. The number of aromatic amines is 1. The normalized spacial score (nSPS) is 15.6. The van der Waals surface area contributed by atoms with Crippen LogP contribution < -0.4 is 5.32 Å². The Morgan fingerprint density at radius 3 is 2.56 bits per heavy atom. The first-order valence-electron chi connectivity index (χ1n) is 11.1. The molecular formula is C26H24N4O4. The molecule has 2 aromatic heterocycles. The number of imide groups is 1. The minimum Gasteiger partial charge on any atom is -0.467 e. The van der Waals surface area contributed by atoms with Crippen LogP contribution in [0.1, 0.15) is 16.9 Å². The van der Waals surface area contributed by atoms with Gasteiger partial charge in [-0.1, -0.05) is 48.5 Å². The number of fused-ring (bicyclic) bond motifs is 1. The number of nitrogens with zero attached hydrogens (tertiary/aromatic N) is 2. The smallest absolute Gasteiger partial charge is 0.325 e. The monoisotopic (exact) mass is 456 g/mol. The van der Waals surface area contributed by atoms with Crippen LogP contribution in [0.15, 0.2) is 83.6 Å². The molecule has 0 bridgehead atoms. The third-order valence-electron chi connectivity index (χ3n) is 6.00. The van der Waals surface area contributed by atoms with Crippen molar-refractivity contribution in [2.24, 2.45) is 0 Å². The summed E-state index contributed by atoms with van der Waals surface area (Å²) in [4.78, 5) is 44.7. The molecule has 1 saturated heterocycles. The lowest BCUT2D eigenvalue weighted by molar-refractivity contribution is -0.138. The molecule has 1 atom stereocenters. The highest BCUT2D eigenvalue weighted by Gasteiger charge is 2.40. The summed E-state index contributed by atoms with van der Waals surface area (Å²) in [6.07, 6.45) is 3.75. The molecule has 172 valence electrons. The van der Waals surface area contributed by atoms with E-state index in [-0.39, 0.29) is 19.0 Å². The van der Waals surface area contributed by atoms with Crippen molar-refractivity contribution in [2.45, 2.75) is 25.6 Å². The molecule has 2 N–H and O–H groups in total. The Bertz CT molecular complexity index is 1310. The summed E-state index contributed by atoms with van der Waals surface area (Å²) in [6.45, 7) is 0.245. The first kappa shape index (κ1) is 21.5. The summed E-state index contributed by atoms with van der Waals surface area (Å²) in [5.41, 5.74) is 2.85. The molecule has 4 amide bonds. The Hall–Kier alpha value is -4.33. The molecule has 0 radical (unpaired) electrons. The molecule has 1 aliphatic heterocycles. The molecule has 1 fully saturated rings. The maximum atomic E-state index is 13.2. The summed E-state index contributed by atoms with van der Waals surface area (Å²) in [5.74, 6) is -0.114. The fourth-order valence-electron chi connectivity index (χ4n) is 4.25. The minimum atomic E-state index is -0.716. The third-order valence-corrected chi connectivity index (χ3v) is 6.00. The number of para-hydroxylation sites is 1. The van der Waals surface area contributed by atoms with Gasteiger partial charge in [-0.2, -0.15) is 0 Å². The van der Waals surface area contributed by atoms with Crippen LogP contribution in [0.4, 0.5) is 4.79 Å². The molecule has 1 unspecified atom stereocenters. The first-order valence-corrected chi connectivity index (χ1v) is 11.1. The Labute approximate surface area is 196 Å². The van der Waals surface area contributed by atoms with Crippen molar-refractivity contribution >= 4 is 28.7 Å². The summed E-state index contributed by atoms with van der Waals surface area (Å²) in [5, 5.41) is 3.74. The second kappa shape index (κ2) is 9.27. The number of hydrogen-bond acceptors (Lipinski definition) is 4. The van der Waals surface area contributed by atoms with Gasteiger partial charge >= 0.3 is 6.03 Å². The van der Waals surface area contributed by atoms with Gasteiger partial charge in [0.15, 0.2) is 0 Å². The fraction of sp³-hybridized carbons (Fsp3) is 0.192. The Morgan fingerprint density at radius 1 is 0.971 bits per heavy atom. The second-order valence-corrected chi connectivity index (χ2v) is 8.30. The van der Waals surface area contributed by atoms with Crippen LogP contribution in [0.5, 0.6) is 0 Å². The number of nitrogens with one attached hydrogen (secondary N) is 2. The number of carbonyl (C=O) groups is 3. The molecule has 0 saturated carbocycles. The zero-order chi connectivity index (χ0) is 23.5.